The van der Waals surface area contributed by atoms with Crippen LogP contribution in [0.4, 0.5) is 0 Å². The van der Waals surface area contributed by atoms with Crippen LogP contribution in [0.15, 0.2) is 11.6 Å². The van der Waals surface area contributed by atoms with Gasteiger partial charge >= 0.3 is 0 Å². The molecule has 1 unspecified atom stereocenters. The molecule has 0 aromatic rings. The summed E-state index contributed by atoms with van der Waals surface area (Å²) in [6, 6.07) is 0. The standard InChI is InChI=1S/C8H14.C3H9N.C2H6/c1-3-8-5-4-7(2)6-8;1-2-3-4;1-2/h6,8H,3-5H2,1-2H3;2-4H2,1H3;1-2H3. The summed E-state index contributed by atoms with van der Waals surface area (Å²) in [5.74, 6) is 0.912. The maximum atomic E-state index is 5.03. The molecule has 1 rings (SSSR count). The predicted octanol–water partition coefficient (Wildman–Crippen LogP) is 4.13. The quantitative estimate of drug-likeness (QED) is 0.665. The maximum absolute atomic E-state index is 5.03. The van der Waals surface area contributed by atoms with E-state index in [1.54, 1.807) is 5.57 Å². The van der Waals surface area contributed by atoms with Gasteiger partial charge in [-0.3, -0.25) is 0 Å². The number of hydrogen-bond donors (Lipinski definition) is 1. The molecule has 1 aliphatic carbocycles. The molecular formula is C13H29N. The summed E-state index contributed by atoms with van der Waals surface area (Å²) in [6.45, 7) is 11.4. The monoisotopic (exact) mass is 199 g/mol. The van der Waals surface area contributed by atoms with Crippen molar-refractivity contribution in [3.05, 3.63) is 11.6 Å². The van der Waals surface area contributed by atoms with Gasteiger partial charge in [-0.25, -0.2) is 0 Å². The summed E-state index contributed by atoms with van der Waals surface area (Å²) in [7, 11) is 0. The molecule has 0 aliphatic heterocycles. The molecule has 0 heterocycles. The Morgan fingerprint density at radius 1 is 1.36 bits per heavy atom. The second-order valence-electron chi connectivity index (χ2n) is 3.51. The lowest BCUT2D eigenvalue weighted by atomic mass is 10.1. The first kappa shape index (κ1) is 16.1. The minimum Gasteiger partial charge on any atom is -0.330 e. The van der Waals surface area contributed by atoms with Crippen LogP contribution in [-0.4, -0.2) is 6.54 Å². The zero-order valence-corrected chi connectivity index (χ0v) is 10.8. The van der Waals surface area contributed by atoms with Crippen molar-refractivity contribution in [3.8, 4) is 0 Å². The smallest absolute Gasteiger partial charge is 0.00799 e. The third-order valence-corrected chi connectivity index (χ3v) is 2.24. The number of rotatable bonds is 2. The fourth-order valence-electron chi connectivity index (χ4n) is 1.30. The summed E-state index contributed by atoms with van der Waals surface area (Å²) in [5, 5.41) is 0. The van der Waals surface area contributed by atoms with Crippen molar-refractivity contribution in [3.63, 3.8) is 0 Å². The highest BCUT2D eigenvalue weighted by Gasteiger charge is 2.09. The lowest BCUT2D eigenvalue weighted by Gasteiger charge is -1.97. The Hall–Kier alpha value is -0.300. The van der Waals surface area contributed by atoms with Gasteiger partial charge in [0.2, 0.25) is 0 Å². The molecule has 1 atom stereocenters. The van der Waals surface area contributed by atoms with Gasteiger partial charge in [-0.05, 0) is 45.1 Å². The Balaban J connectivity index is 0. The lowest BCUT2D eigenvalue weighted by Crippen LogP contribution is -1.93. The highest BCUT2D eigenvalue weighted by atomic mass is 14.5. The van der Waals surface area contributed by atoms with Crippen LogP contribution in [0.25, 0.3) is 0 Å². The van der Waals surface area contributed by atoms with E-state index < -0.39 is 0 Å². The minimum atomic E-state index is 0.819. The Bertz CT molecular complexity index is 125. The van der Waals surface area contributed by atoms with Gasteiger partial charge in [0, 0.05) is 0 Å². The zero-order valence-electron chi connectivity index (χ0n) is 10.8. The first-order valence-electron chi connectivity index (χ1n) is 6.11. The van der Waals surface area contributed by atoms with Crippen LogP contribution in [0.2, 0.25) is 0 Å². The van der Waals surface area contributed by atoms with E-state index in [0.717, 1.165) is 18.9 Å². The maximum Gasteiger partial charge on any atom is -0.00799 e. The Kier molecular flexibility index (Phi) is 14.6. The van der Waals surface area contributed by atoms with E-state index in [4.69, 9.17) is 5.73 Å². The molecule has 1 aliphatic rings. The van der Waals surface area contributed by atoms with Crippen molar-refractivity contribution < 1.29 is 0 Å². The molecule has 0 radical (unpaired) electrons. The molecule has 86 valence electrons. The van der Waals surface area contributed by atoms with Crippen molar-refractivity contribution in [2.45, 2.75) is 60.3 Å². The highest BCUT2D eigenvalue weighted by molar-refractivity contribution is 5.07. The molecule has 0 aromatic heterocycles. The Labute approximate surface area is 90.8 Å². The average molecular weight is 199 g/mol. The summed E-state index contributed by atoms with van der Waals surface area (Å²) in [4.78, 5) is 0. The summed E-state index contributed by atoms with van der Waals surface area (Å²) in [5.41, 5.74) is 6.62. The molecule has 0 fully saturated rings. The predicted molar refractivity (Wildman–Crippen MR) is 67.5 cm³/mol. The van der Waals surface area contributed by atoms with Crippen molar-refractivity contribution in [2.24, 2.45) is 11.7 Å². The molecule has 0 aromatic carbocycles. The van der Waals surface area contributed by atoms with Crippen molar-refractivity contribution in [1.82, 2.24) is 0 Å². The molecule has 0 saturated carbocycles. The molecular weight excluding hydrogens is 170 g/mol. The molecule has 0 amide bonds. The average Bonchev–Trinajstić information content (AvgIpc) is 2.67. The third kappa shape index (κ3) is 9.79. The van der Waals surface area contributed by atoms with Crippen LogP contribution in [0, 0.1) is 5.92 Å². The molecule has 2 N–H and O–H groups in total. The molecule has 1 heteroatoms. The number of allylic oxidation sites excluding steroid dienone is 2. The van der Waals surface area contributed by atoms with E-state index in [-0.39, 0.29) is 0 Å². The zero-order chi connectivity index (χ0) is 11.4. The topological polar surface area (TPSA) is 26.0 Å². The molecule has 0 bridgehead atoms. The second-order valence-corrected chi connectivity index (χ2v) is 3.51. The summed E-state index contributed by atoms with van der Waals surface area (Å²) < 4.78 is 0. The van der Waals surface area contributed by atoms with Crippen molar-refractivity contribution in [2.75, 3.05) is 6.54 Å². The Morgan fingerprint density at radius 2 is 1.86 bits per heavy atom. The molecule has 0 saturated heterocycles. The Morgan fingerprint density at radius 3 is 2.00 bits per heavy atom. The van der Waals surface area contributed by atoms with E-state index in [1.165, 1.54) is 19.3 Å². The molecule has 1 nitrogen and oxygen atoms in total. The normalized spacial score (nSPS) is 18.7. The first-order chi connectivity index (χ1) is 6.74. The number of hydrogen-bond acceptors (Lipinski definition) is 1. The molecule has 0 spiro atoms. The fourth-order valence-corrected chi connectivity index (χ4v) is 1.30. The van der Waals surface area contributed by atoms with Gasteiger partial charge in [0.1, 0.15) is 0 Å². The first-order valence-corrected chi connectivity index (χ1v) is 6.11. The van der Waals surface area contributed by atoms with Gasteiger partial charge in [0.05, 0.1) is 0 Å². The highest BCUT2D eigenvalue weighted by Crippen LogP contribution is 2.25. The summed E-state index contributed by atoms with van der Waals surface area (Å²) >= 11 is 0. The fraction of sp³-hybridized carbons (Fsp3) is 0.846. The van der Waals surface area contributed by atoms with Gasteiger partial charge in [0.15, 0.2) is 0 Å². The van der Waals surface area contributed by atoms with Crippen LogP contribution in [0.5, 0.6) is 0 Å². The number of nitrogens with two attached hydrogens (primary N) is 1. The van der Waals surface area contributed by atoms with E-state index in [9.17, 15) is 0 Å². The summed E-state index contributed by atoms with van der Waals surface area (Å²) in [6.07, 6.45) is 7.60. The van der Waals surface area contributed by atoms with Gasteiger partial charge in [-0.1, -0.05) is 39.3 Å². The molecule has 14 heavy (non-hydrogen) atoms. The van der Waals surface area contributed by atoms with Gasteiger partial charge in [-0.2, -0.15) is 0 Å². The third-order valence-electron chi connectivity index (χ3n) is 2.24. The van der Waals surface area contributed by atoms with E-state index in [0.29, 0.717) is 0 Å². The van der Waals surface area contributed by atoms with Gasteiger partial charge in [0.25, 0.3) is 0 Å². The van der Waals surface area contributed by atoms with Gasteiger partial charge < -0.3 is 5.73 Å². The van der Waals surface area contributed by atoms with Crippen LogP contribution in [0.3, 0.4) is 0 Å². The second kappa shape index (κ2) is 12.7. The van der Waals surface area contributed by atoms with E-state index in [1.807, 2.05) is 13.8 Å². The minimum absolute atomic E-state index is 0.819. The van der Waals surface area contributed by atoms with Crippen LogP contribution < -0.4 is 5.73 Å². The van der Waals surface area contributed by atoms with E-state index in [2.05, 4.69) is 26.8 Å². The van der Waals surface area contributed by atoms with E-state index >= 15 is 0 Å². The van der Waals surface area contributed by atoms with Crippen LogP contribution in [0.1, 0.15) is 60.3 Å². The van der Waals surface area contributed by atoms with Crippen molar-refractivity contribution in [1.29, 1.82) is 0 Å². The lowest BCUT2D eigenvalue weighted by molar-refractivity contribution is 0.611. The van der Waals surface area contributed by atoms with Crippen molar-refractivity contribution >= 4 is 0 Å². The van der Waals surface area contributed by atoms with Crippen LogP contribution >= 0.6 is 0 Å². The van der Waals surface area contributed by atoms with Gasteiger partial charge in [-0.15, -0.1) is 0 Å². The SMILES string of the molecule is CC.CCC1C=C(C)CC1.CCCN. The van der Waals surface area contributed by atoms with Crippen LogP contribution in [-0.2, 0) is 0 Å². The largest absolute Gasteiger partial charge is 0.330 e.